The summed E-state index contributed by atoms with van der Waals surface area (Å²) >= 11 is 3.62. The summed E-state index contributed by atoms with van der Waals surface area (Å²) in [5.74, 6) is 0. The number of benzene rings is 2. The molecule has 3 heteroatoms. The number of rotatable bonds is 1. The third-order valence-electron chi connectivity index (χ3n) is 2.65. The maximum absolute atomic E-state index is 4.28. The van der Waals surface area contributed by atoms with Crippen LogP contribution < -0.4 is 0 Å². The Labute approximate surface area is 107 Å². The zero-order chi connectivity index (χ0) is 11.7. The predicted molar refractivity (Wildman–Crippen MR) is 72.7 cm³/mol. The highest BCUT2D eigenvalue weighted by Crippen LogP contribution is 2.31. The smallest absolute Gasteiger partial charge is 0.108 e. The summed E-state index contributed by atoms with van der Waals surface area (Å²) in [5, 5.41) is 9.60. The van der Waals surface area contributed by atoms with Crippen molar-refractivity contribution in [1.82, 2.24) is 10.2 Å². The molecule has 3 aromatic rings. The van der Waals surface area contributed by atoms with Crippen molar-refractivity contribution >= 4 is 26.8 Å². The summed E-state index contributed by atoms with van der Waals surface area (Å²) < 4.78 is 0.995. The second-order valence-corrected chi connectivity index (χ2v) is 4.54. The molecule has 0 saturated carbocycles. The van der Waals surface area contributed by atoms with Crippen molar-refractivity contribution in [2.75, 3.05) is 0 Å². The summed E-state index contributed by atoms with van der Waals surface area (Å²) in [6, 6.07) is 18.0. The molecule has 1 aromatic heterocycles. The van der Waals surface area contributed by atoms with E-state index >= 15 is 0 Å². The highest BCUT2D eigenvalue weighted by Gasteiger charge is 2.08. The highest BCUT2D eigenvalue weighted by atomic mass is 79.9. The van der Waals surface area contributed by atoms with Crippen LogP contribution in [0.25, 0.3) is 22.2 Å². The number of hydrogen-bond acceptors (Lipinski definition) is 2. The lowest BCUT2D eigenvalue weighted by atomic mass is 10.1. The van der Waals surface area contributed by atoms with E-state index in [4.69, 9.17) is 0 Å². The number of fused-ring (bicyclic) bond motifs is 1. The van der Waals surface area contributed by atoms with Crippen LogP contribution in [0.2, 0.25) is 0 Å². The number of hydrogen-bond donors (Lipinski definition) is 0. The summed E-state index contributed by atoms with van der Waals surface area (Å²) in [6.45, 7) is 0. The topological polar surface area (TPSA) is 25.8 Å². The molecule has 0 aliphatic carbocycles. The second kappa shape index (κ2) is 4.26. The normalized spacial score (nSPS) is 10.6. The van der Waals surface area contributed by atoms with E-state index in [-0.39, 0.29) is 0 Å². The molecule has 0 spiro atoms. The summed E-state index contributed by atoms with van der Waals surface area (Å²) in [6.07, 6.45) is 0. The number of aromatic nitrogens is 2. The van der Waals surface area contributed by atoms with Crippen LogP contribution in [0, 0.1) is 0 Å². The molecule has 0 aliphatic rings. The van der Waals surface area contributed by atoms with Crippen LogP contribution in [-0.4, -0.2) is 10.2 Å². The Morgan fingerprint density at radius 3 is 2.29 bits per heavy atom. The fourth-order valence-corrected chi connectivity index (χ4v) is 2.45. The predicted octanol–water partition coefficient (Wildman–Crippen LogP) is 4.06. The Kier molecular flexibility index (Phi) is 2.61. The van der Waals surface area contributed by atoms with Gasteiger partial charge in [-0.15, -0.1) is 10.2 Å². The van der Waals surface area contributed by atoms with Crippen LogP contribution in [0.15, 0.2) is 59.1 Å². The van der Waals surface area contributed by atoms with E-state index in [1.807, 2.05) is 54.6 Å². The molecule has 0 unspecified atom stereocenters. The quantitative estimate of drug-likeness (QED) is 0.673. The van der Waals surface area contributed by atoms with Crippen LogP contribution >= 0.6 is 15.9 Å². The second-order valence-electron chi connectivity index (χ2n) is 3.75. The van der Waals surface area contributed by atoms with Gasteiger partial charge in [-0.25, -0.2) is 0 Å². The lowest BCUT2D eigenvalue weighted by Gasteiger charge is -2.05. The van der Waals surface area contributed by atoms with E-state index in [9.17, 15) is 0 Å². The minimum atomic E-state index is 0.879. The van der Waals surface area contributed by atoms with Gasteiger partial charge < -0.3 is 0 Å². The Balaban J connectivity index is 2.29. The summed E-state index contributed by atoms with van der Waals surface area (Å²) in [5.41, 5.74) is 2.85. The van der Waals surface area contributed by atoms with E-state index in [1.165, 1.54) is 0 Å². The highest BCUT2D eigenvalue weighted by molar-refractivity contribution is 9.10. The molecule has 2 aromatic carbocycles. The van der Waals surface area contributed by atoms with Crippen LogP contribution in [0.4, 0.5) is 0 Å². The van der Waals surface area contributed by atoms with Gasteiger partial charge in [0.25, 0.3) is 0 Å². The lowest BCUT2D eigenvalue weighted by molar-refractivity contribution is 1.08. The first-order valence-corrected chi connectivity index (χ1v) is 6.12. The van der Waals surface area contributed by atoms with Gasteiger partial charge in [0.2, 0.25) is 0 Å². The van der Waals surface area contributed by atoms with E-state index < -0.39 is 0 Å². The minimum Gasteiger partial charge on any atom is -0.150 e. The average Bonchev–Trinajstić information content (AvgIpc) is 2.40. The van der Waals surface area contributed by atoms with Crippen LogP contribution in [-0.2, 0) is 0 Å². The molecular weight excluding hydrogens is 276 g/mol. The zero-order valence-electron chi connectivity index (χ0n) is 8.97. The molecule has 0 N–H and O–H groups in total. The number of halogens is 1. The van der Waals surface area contributed by atoms with Crippen molar-refractivity contribution in [2.24, 2.45) is 0 Å². The van der Waals surface area contributed by atoms with E-state index in [0.29, 0.717) is 0 Å². The monoisotopic (exact) mass is 284 g/mol. The molecule has 0 bridgehead atoms. The van der Waals surface area contributed by atoms with Gasteiger partial charge in [-0.05, 0) is 22.0 Å². The molecule has 0 atom stereocenters. The van der Waals surface area contributed by atoms with Crippen molar-refractivity contribution in [2.45, 2.75) is 0 Å². The van der Waals surface area contributed by atoms with Crippen LogP contribution in [0.5, 0.6) is 0 Å². The minimum absolute atomic E-state index is 0.879. The van der Waals surface area contributed by atoms with Gasteiger partial charge in [0.15, 0.2) is 0 Å². The molecule has 0 aliphatic heterocycles. The van der Waals surface area contributed by atoms with Crippen molar-refractivity contribution < 1.29 is 0 Å². The van der Waals surface area contributed by atoms with Crippen LogP contribution in [0.3, 0.4) is 0 Å². The van der Waals surface area contributed by atoms with Crippen LogP contribution in [0.1, 0.15) is 0 Å². The molecule has 0 saturated heterocycles. The Bertz CT molecular complexity index is 665. The third-order valence-corrected chi connectivity index (χ3v) is 3.46. The van der Waals surface area contributed by atoms with Gasteiger partial charge in [0.05, 0.1) is 9.99 Å². The van der Waals surface area contributed by atoms with Gasteiger partial charge in [0.1, 0.15) is 5.69 Å². The zero-order valence-corrected chi connectivity index (χ0v) is 10.6. The van der Waals surface area contributed by atoms with E-state index in [2.05, 4.69) is 26.1 Å². The molecule has 82 valence electrons. The van der Waals surface area contributed by atoms with Gasteiger partial charge in [0, 0.05) is 10.9 Å². The Morgan fingerprint density at radius 1 is 0.765 bits per heavy atom. The maximum atomic E-state index is 4.28. The Hall–Kier alpha value is -1.74. The maximum Gasteiger partial charge on any atom is 0.108 e. The van der Waals surface area contributed by atoms with Crippen molar-refractivity contribution in [3.8, 4) is 11.3 Å². The third kappa shape index (κ3) is 1.83. The largest absolute Gasteiger partial charge is 0.150 e. The van der Waals surface area contributed by atoms with Crippen molar-refractivity contribution in [3.05, 3.63) is 59.1 Å². The summed E-state index contributed by atoms with van der Waals surface area (Å²) in [7, 11) is 0. The van der Waals surface area contributed by atoms with E-state index in [0.717, 1.165) is 26.6 Å². The molecule has 3 rings (SSSR count). The molecule has 0 radical (unpaired) electrons. The van der Waals surface area contributed by atoms with Gasteiger partial charge >= 0.3 is 0 Å². The van der Waals surface area contributed by atoms with Gasteiger partial charge in [-0.3, -0.25) is 0 Å². The van der Waals surface area contributed by atoms with Gasteiger partial charge in [-0.2, -0.15) is 0 Å². The molecule has 0 amide bonds. The molecular formula is C14H9BrN2. The first kappa shape index (κ1) is 10.4. The first-order valence-electron chi connectivity index (χ1n) is 5.32. The van der Waals surface area contributed by atoms with Gasteiger partial charge in [-0.1, -0.05) is 48.5 Å². The summed E-state index contributed by atoms with van der Waals surface area (Å²) in [4.78, 5) is 0. The fourth-order valence-electron chi connectivity index (χ4n) is 1.80. The SMILES string of the molecule is Brc1c(-c2ccccc2)nnc2ccccc12. The molecule has 17 heavy (non-hydrogen) atoms. The first-order chi connectivity index (χ1) is 8.36. The Morgan fingerprint density at radius 2 is 1.47 bits per heavy atom. The molecule has 2 nitrogen and oxygen atoms in total. The fraction of sp³-hybridized carbons (Fsp3) is 0. The average molecular weight is 285 g/mol. The van der Waals surface area contributed by atoms with Crippen molar-refractivity contribution in [3.63, 3.8) is 0 Å². The van der Waals surface area contributed by atoms with Crippen molar-refractivity contribution in [1.29, 1.82) is 0 Å². The molecule has 1 heterocycles. The lowest BCUT2D eigenvalue weighted by Crippen LogP contribution is -1.91. The number of nitrogens with zero attached hydrogens (tertiary/aromatic N) is 2. The molecule has 0 fully saturated rings. The standard InChI is InChI=1S/C14H9BrN2/c15-13-11-8-4-5-9-12(11)16-17-14(13)10-6-2-1-3-7-10/h1-9H. The van der Waals surface area contributed by atoms with E-state index in [1.54, 1.807) is 0 Å².